The van der Waals surface area contributed by atoms with Gasteiger partial charge in [0.1, 0.15) is 0 Å². The predicted molar refractivity (Wildman–Crippen MR) is 230 cm³/mol. The third kappa shape index (κ3) is 5.66. The highest BCUT2D eigenvalue weighted by Crippen LogP contribution is 2.50. The predicted octanol–water partition coefficient (Wildman–Crippen LogP) is 13.9. The van der Waals surface area contributed by atoms with Crippen LogP contribution in [0.1, 0.15) is 25.0 Å². The van der Waals surface area contributed by atoms with E-state index in [4.69, 9.17) is 9.97 Å². The van der Waals surface area contributed by atoms with Crippen LogP contribution in [0, 0.1) is 0 Å². The van der Waals surface area contributed by atoms with Crippen LogP contribution in [0.5, 0.6) is 0 Å². The first kappa shape index (κ1) is 32.7. The summed E-state index contributed by atoms with van der Waals surface area (Å²) < 4.78 is 0. The number of hydrogen-bond donors (Lipinski definition) is 0. The van der Waals surface area contributed by atoms with Crippen molar-refractivity contribution in [3.63, 3.8) is 0 Å². The van der Waals surface area contributed by atoms with Crippen LogP contribution in [0.15, 0.2) is 194 Å². The van der Waals surface area contributed by atoms with Crippen LogP contribution in [0.3, 0.4) is 0 Å². The van der Waals surface area contributed by atoms with Crippen LogP contribution >= 0.6 is 0 Å². The average Bonchev–Trinajstić information content (AvgIpc) is 3.49. The van der Waals surface area contributed by atoms with Crippen molar-refractivity contribution >= 4 is 10.8 Å². The molecule has 9 aromatic rings. The van der Waals surface area contributed by atoms with Gasteiger partial charge in [-0.1, -0.05) is 190 Å². The fourth-order valence-electron chi connectivity index (χ4n) is 8.52. The van der Waals surface area contributed by atoms with Gasteiger partial charge in [-0.3, -0.25) is 0 Å². The van der Waals surface area contributed by atoms with Crippen LogP contribution in [0.4, 0.5) is 0 Å². The Morgan fingerprint density at radius 1 is 0.309 bits per heavy atom. The van der Waals surface area contributed by atoms with Gasteiger partial charge in [0, 0.05) is 22.1 Å². The van der Waals surface area contributed by atoms with Gasteiger partial charge in [0.2, 0.25) is 0 Å². The van der Waals surface area contributed by atoms with E-state index in [0.717, 1.165) is 44.6 Å². The van der Waals surface area contributed by atoms with Crippen molar-refractivity contribution in [1.82, 2.24) is 9.97 Å². The summed E-state index contributed by atoms with van der Waals surface area (Å²) in [5, 5.41) is 2.36. The topological polar surface area (TPSA) is 25.8 Å². The number of aromatic nitrogens is 2. The van der Waals surface area contributed by atoms with Crippen molar-refractivity contribution in [2.45, 2.75) is 19.3 Å². The van der Waals surface area contributed by atoms with Gasteiger partial charge in [-0.2, -0.15) is 0 Å². The minimum atomic E-state index is -0.0687. The second-order valence-electron chi connectivity index (χ2n) is 15.0. The van der Waals surface area contributed by atoms with Gasteiger partial charge in [-0.05, 0) is 84.6 Å². The summed E-state index contributed by atoms with van der Waals surface area (Å²) in [6.07, 6.45) is 0. The van der Waals surface area contributed by atoms with Crippen molar-refractivity contribution in [3.8, 4) is 78.4 Å². The number of fused-ring (bicyclic) bond motifs is 4. The van der Waals surface area contributed by atoms with Crippen LogP contribution in [-0.2, 0) is 5.41 Å². The molecule has 0 amide bonds. The summed E-state index contributed by atoms with van der Waals surface area (Å²) in [7, 11) is 0. The molecule has 0 atom stereocenters. The van der Waals surface area contributed by atoms with Crippen LogP contribution < -0.4 is 0 Å². The summed E-state index contributed by atoms with van der Waals surface area (Å²) in [5.41, 5.74) is 17.3. The lowest BCUT2D eigenvalue weighted by atomic mass is 9.81. The molecule has 1 heterocycles. The quantitative estimate of drug-likeness (QED) is 0.172. The molecule has 0 saturated carbocycles. The van der Waals surface area contributed by atoms with Gasteiger partial charge in [-0.25, -0.2) is 9.97 Å². The zero-order chi connectivity index (χ0) is 36.9. The molecular formula is C53H38N2. The van der Waals surface area contributed by atoms with Crippen molar-refractivity contribution in [2.75, 3.05) is 0 Å². The molecule has 0 spiro atoms. The van der Waals surface area contributed by atoms with Crippen molar-refractivity contribution in [2.24, 2.45) is 0 Å². The van der Waals surface area contributed by atoms with Crippen LogP contribution in [-0.4, -0.2) is 9.97 Å². The van der Waals surface area contributed by atoms with Gasteiger partial charge >= 0.3 is 0 Å². The van der Waals surface area contributed by atoms with E-state index in [2.05, 4.69) is 202 Å². The highest BCUT2D eigenvalue weighted by Gasteiger charge is 2.35. The Morgan fingerprint density at radius 3 is 1.55 bits per heavy atom. The maximum absolute atomic E-state index is 5.30. The van der Waals surface area contributed by atoms with Gasteiger partial charge in [0.25, 0.3) is 0 Å². The number of rotatable bonds is 6. The molecule has 0 unspecified atom stereocenters. The summed E-state index contributed by atoms with van der Waals surface area (Å²) in [4.78, 5) is 10.6. The highest BCUT2D eigenvalue weighted by molar-refractivity contribution is 6.05. The molecule has 0 N–H and O–H groups in total. The molecule has 0 fully saturated rings. The largest absolute Gasteiger partial charge is 0.228 e. The monoisotopic (exact) mass is 702 g/mol. The molecule has 1 aromatic heterocycles. The van der Waals surface area contributed by atoms with Gasteiger partial charge in [-0.15, -0.1) is 0 Å². The van der Waals surface area contributed by atoms with Crippen molar-refractivity contribution < 1.29 is 0 Å². The third-order valence-corrected chi connectivity index (χ3v) is 11.3. The standard InChI is InChI=1S/C53H38N2/c1-53(2)48-25-15-14-24-43(48)44-28-27-39(33-49(44)53)40-30-31-45(42-23-13-12-22-41(40)42)50-34-51(55-52(54-50)37-20-10-5-11-21-37)46-29-26-38(35-16-6-3-7-17-35)32-47(46)36-18-8-4-9-19-36/h3-34H,1-2H3. The van der Waals surface area contributed by atoms with Crippen LogP contribution in [0.2, 0.25) is 0 Å². The molecule has 0 aliphatic heterocycles. The first-order valence-electron chi connectivity index (χ1n) is 19.0. The average molecular weight is 703 g/mol. The molecule has 2 nitrogen and oxygen atoms in total. The smallest absolute Gasteiger partial charge is 0.160 e. The first-order valence-corrected chi connectivity index (χ1v) is 19.0. The fraction of sp³-hybridized carbons (Fsp3) is 0.0566. The number of nitrogens with zero attached hydrogens (tertiary/aromatic N) is 2. The van der Waals surface area contributed by atoms with E-state index in [9.17, 15) is 0 Å². The zero-order valence-corrected chi connectivity index (χ0v) is 30.9. The Kier molecular flexibility index (Phi) is 7.85. The molecule has 8 aromatic carbocycles. The Morgan fingerprint density at radius 2 is 0.818 bits per heavy atom. The molecule has 10 rings (SSSR count). The zero-order valence-electron chi connectivity index (χ0n) is 30.9. The fourth-order valence-corrected chi connectivity index (χ4v) is 8.52. The molecule has 1 aliphatic carbocycles. The minimum absolute atomic E-state index is 0.0687. The summed E-state index contributed by atoms with van der Waals surface area (Å²) in [6.45, 7) is 4.69. The molecule has 1 aliphatic rings. The second-order valence-corrected chi connectivity index (χ2v) is 15.0. The van der Waals surface area contributed by atoms with Crippen molar-refractivity contribution in [3.05, 3.63) is 205 Å². The van der Waals surface area contributed by atoms with E-state index in [1.54, 1.807) is 0 Å². The van der Waals surface area contributed by atoms with E-state index >= 15 is 0 Å². The van der Waals surface area contributed by atoms with E-state index in [-0.39, 0.29) is 5.41 Å². The lowest BCUT2D eigenvalue weighted by Gasteiger charge is -2.22. The molecule has 0 saturated heterocycles. The minimum Gasteiger partial charge on any atom is -0.228 e. The lowest BCUT2D eigenvalue weighted by Crippen LogP contribution is -2.14. The normalized spacial score (nSPS) is 12.7. The van der Waals surface area contributed by atoms with E-state index in [1.165, 1.54) is 49.9 Å². The van der Waals surface area contributed by atoms with Gasteiger partial charge in [0.05, 0.1) is 11.4 Å². The SMILES string of the molecule is CC1(C)c2ccccc2-c2ccc(-c3ccc(-c4cc(-c5ccc(-c6ccccc6)cc5-c5ccccc5)nc(-c5ccccc5)n4)c4ccccc34)cc21. The molecule has 2 heteroatoms. The maximum Gasteiger partial charge on any atom is 0.160 e. The maximum atomic E-state index is 5.30. The molecule has 0 bridgehead atoms. The molecule has 0 radical (unpaired) electrons. The van der Waals surface area contributed by atoms with Crippen molar-refractivity contribution in [1.29, 1.82) is 0 Å². The second kappa shape index (κ2) is 13.2. The summed E-state index contributed by atoms with van der Waals surface area (Å²) in [6, 6.07) is 69.6. The Hall–Kier alpha value is -6.90. The molecular weight excluding hydrogens is 665 g/mol. The summed E-state index contributed by atoms with van der Waals surface area (Å²) in [5.74, 6) is 0.702. The highest BCUT2D eigenvalue weighted by atomic mass is 14.9. The van der Waals surface area contributed by atoms with Crippen LogP contribution in [0.25, 0.3) is 89.2 Å². The van der Waals surface area contributed by atoms with E-state index in [0.29, 0.717) is 5.82 Å². The number of hydrogen-bond acceptors (Lipinski definition) is 2. The Balaban J connectivity index is 1.15. The molecule has 55 heavy (non-hydrogen) atoms. The lowest BCUT2D eigenvalue weighted by molar-refractivity contribution is 0.660. The van der Waals surface area contributed by atoms with Gasteiger partial charge < -0.3 is 0 Å². The summed E-state index contributed by atoms with van der Waals surface area (Å²) >= 11 is 0. The Bertz CT molecular complexity index is 2870. The van der Waals surface area contributed by atoms with Gasteiger partial charge in [0.15, 0.2) is 5.82 Å². The van der Waals surface area contributed by atoms with E-state index in [1.807, 2.05) is 6.07 Å². The third-order valence-electron chi connectivity index (χ3n) is 11.3. The number of benzene rings is 8. The van der Waals surface area contributed by atoms with E-state index < -0.39 is 0 Å². The molecule has 260 valence electrons. The Labute approximate surface area is 322 Å². The first-order chi connectivity index (χ1) is 27.0.